The van der Waals surface area contributed by atoms with Gasteiger partial charge >= 0.3 is 0 Å². The second-order valence-corrected chi connectivity index (χ2v) is 7.04. The largest absolute Gasteiger partial charge is 0.370 e. The number of rotatable bonds is 4. The average Bonchev–Trinajstić information content (AvgIpc) is 3.15. The van der Waals surface area contributed by atoms with E-state index in [-0.39, 0.29) is 12.0 Å². The molecule has 0 saturated carbocycles. The Kier molecular flexibility index (Phi) is 5.91. The number of carbonyl (C=O) groups is 1. The van der Waals surface area contributed by atoms with Gasteiger partial charge in [-0.25, -0.2) is 4.99 Å². The van der Waals surface area contributed by atoms with Crippen molar-refractivity contribution in [3.05, 3.63) is 29.8 Å². The van der Waals surface area contributed by atoms with Crippen LogP contribution in [0.15, 0.2) is 29.3 Å². The topological polar surface area (TPSA) is 80.0 Å². The standard InChI is InChI=1S/C19H28N4O2/c1-14-7-9-23(10-8-14)19(20)21-13-15-4-2-5-16(12-15)22-18(24)17-6-3-11-25-17/h2,4-5,12,14,17H,3,6-11,13H2,1H3,(H2,20,21)(H,22,24). The normalized spacial score (nSPS) is 22.2. The summed E-state index contributed by atoms with van der Waals surface area (Å²) in [6.07, 6.45) is 3.75. The van der Waals surface area contributed by atoms with Crippen LogP contribution in [0.3, 0.4) is 0 Å². The number of anilines is 1. The first-order valence-corrected chi connectivity index (χ1v) is 9.18. The smallest absolute Gasteiger partial charge is 0.253 e. The summed E-state index contributed by atoms with van der Waals surface area (Å²) in [7, 11) is 0. The van der Waals surface area contributed by atoms with Crippen LogP contribution in [-0.2, 0) is 16.1 Å². The third kappa shape index (κ3) is 4.95. The molecule has 2 fully saturated rings. The number of benzene rings is 1. The van der Waals surface area contributed by atoms with E-state index in [1.54, 1.807) is 0 Å². The fourth-order valence-electron chi connectivity index (χ4n) is 3.26. The maximum atomic E-state index is 12.1. The van der Waals surface area contributed by atoms with Crippen LogP contribution >= 0.6 is 0 Å². The lowest BCUT2D eigenvalue weighted by molar-refractivity contribution is -0.124. The predicted octanol–water partition coefficient (Wildman–Crippen LogP) is 2.35. The summed E-state index contributed by atoms with van der Waals surface area (Å²) in [4.78, 5) is 18.8. The number of amides is 1. The van der Waals surface area contributed by atoms with Crippen molar-refractivity contribution in [2.75, 3.05) is 25.0 Å². The van der Waals surface area contributed by atoms with Crippen LogP contribution in [0.5, 0.6) is 0 Å². The van der Waals surface area contributed by atoms with Crippen LogP contribution in [0.2, 0.25) is 0 Å². The number of nitrogens with zero attached hydrogens (tertiary/aromatic N) is 2. The van der Waals surface area contributed by atoms with E-state index in [1.807, 2.05) is 24.3 Å². The highest BCUT2D eigenvalue weighted by molar-refractivity contribution is 5.94. The first-order valence-electron chi connectivity index (χ1n) is 9.18. The number of nitrogens with one attached hydrogen (secondary N) is 1. The van der Waals surface area contributed by atoms with Crippen LogP contribution < -0.4 is 11.1 Å². The van der Waals surface area contributed by atoms with E-state index in [0.29, 0.717) is 19.1 Å². The molecule has 6 nitrogen and oxygen atoms in total. The molecule has 2 aliphatic heterocycles. The van der Waals surface area contributed by atoms with Crippen LogP contribution in [-0.4, -0.2) is 42.6 Å². The molecule has 1 unspecified atom stereocenters. The van der Waals surface area contributed by atoms with E-state index in [1.165, 1.54) is 12.8 Å². The third-order valence-electron chi connectivity index (χ3n) is 4.95. The van der Waals surface area contributed by atoms with Gasteiger partial charge in [0.05, 0.1) is 6.54 Å². The number of nitrogens with two attached hydrogens (primary N) is 1. The van der Waals surface area contributed by atoms with E-state index in [0.717, 1.165) is 43.1 Å². The molecule has 0 spiro atoms. The molecular formula is C19H28N4O2. The Morgan fingerprint density at radius 2 is 2.16 bits per heavy atom. The molecule has 25 heavy (non-hydrogen) atoms. The van der Waals surface area contributed by atoms with Crippen LogP contribution in [0.25, 0.3) is 0 Å². The Bertz CT molecular complexity index is 618. The first kappa shape index (κ1) is 17.7. The minimum absolute atomic E-state index is 0.0694. The highest BCUT2D eigenvalue weighted by Crippen LogP contribution is 2.18. The lowest BCUT2D eigenvalue weighted by Crippen LogP contribution is -2.42. The van der Waals surface area contributed by atoms with Crippen molar-refractivity contribution >= 4 is 17.6 Å². The van der Waals surface area contributed by atoms with Gasteiger partial charge in [-0.3, -0.25) is 4.79 Å². The number of piperidine rings is 1. The highest BCUT2D eigenvalue weighted by atomic mass is 16.5. The van der Waals surface area contributed by atoms with Gasteiger partial charge in [-0.1, -0.05) is 19.1 Å². The molecule has 136 valence electrons. The minimum Gasteiger partial charge on any atom is -0.370 e. The Morgan fingerprint density at radius 3 is 2.88 bits per heavy atom. The molecule has 6 heteroatoms. The van der Waals surface area contributed by atoms with Gasteiger partial charge in [0, 0.05) is 25.4 Å². The molecule has 3 rings (SSSR count). The van der Waals surface area contributed by atoms with Crippen LogP contribution in [0, 0.1) is 5.92 Å². The zero-order chi connectivity index (χ0) is 17.6. The SMILES string of the molecule is CC1CCN(C(N)=NCc2cccc(NC(=O)C3CCCO3)c2)CC1. The van der Waals surface area contributed by atoms with Gasteiger partial charge in [0.25, 0.3) is 5.91 Å². The van der Waals surface area contributed by atoms with E-state index in [9.17, 15) is 4.79 Å². The maximum Gasteiger partial charge on any atom is 0.253 e. The van der Waals surface area contributed by atoms with Gasteiger partial charge in [0.15, 0.2) is 5.96 Å². The van der Waals surface area contributed by atoms with E-state index in [2.05, 4.69) is 22.1 Å². The first-order chi connectivity index (χ1) is 12.1. The molecule has 1 amide bonds. The summed E-state index contributed by atoms with van der Waals surface area (Å²) in [6.45, 7) is 5.42. The molecule has 0 radical (unpaired) electrons. The predicted molar refractivity (Wildman–Crippen MR) is 99.3 cm³/mol. The second-order valence-electron chi connectivity index (χ2n) is 7.04. The second kappa shape index (κ2) is 8.34. The van der Waals surface area contributed by atoms with Crippen molar-refractivity contribution in [1.29, 1.82) is 0 Å². The number of ether oxygens (including phenoxy) is 1. The Morgan fingerprint density at radius 1 is 1.36 bits per heavy atom. The fourth-order valence-corrected chi connectivity index (χ4v) is 3.26. The lowest BCUT2D eigenvalue weighted by Gasteiger charge is -2.31. The number of aliphatic imine (C=N–C) groups is 1. The van der Waals surface area contributed by atoms with Crippen molar-refractivity contribution in [3.63, 3.8) is 0 Å². The van der Waals surface area contributed by atoms with Gasteiger partial charge in [-0.05, 0) is 49.3 Å². The molecule has 1 atom stereocenters. The Hall–Kier alpha value is -2.08. The summed E-state index contributed by atoms with van der Waals surface area (Å²) < 4.78 is 5.41. The van der Waals surface area contributed by atoms with Crippen LogP contribution in [0.4, 0.5) is 5.69 Å². The zero-order valence-corrected chi connectivity index (χ0v) is 14.9. The summed E-state index contributed by atoms with van der Waals surface area (Å²) in [5.74, 6) is 1.31. The van der Waals surface area contributed by atoms with Crippen LogP contribution in [0.1, 0.15) is 38.2 Å². The molecule has 0 aliphatic carbocycles. The van der Waals surface area contributed by atoms with Crippen molar-refractivity contribution < 1.29 is 9.53 Å². The van der Waals surface area contributed by atoms with Gasteiger partial charge in [-0.2, -0.15) is 0 Å². The Labute approximate surface area is 149 Å². The third-order valence-corrected chi connectivity index (χ3v) is 4.95. The number of guanidine groups is 1. The monoisotopic (exact) mass is 344 g/mol. The zero-order valence-electron chi connectivity index (χ0n) is 14.9. The number of likely N-dealkylation sites (tertiary alicyclic amines) is 1. The summed E-state index contributed by atoms with van der Waals surface area (Å²) >= 11 is 0. The molecule has 2 aliphatic rings. The molecule has 3 N–H and O–H groups in total. The van der Waals surface area contributed by atoms with Gasteiger partial charge in [0.1, 0.15) is 6.10 Å². The van der Waals surface area contributed by atoms with E-state index < -0.39 is 0 Å². The highest BCUT2D eigenvalue weighted by Gasteiger charge is 2.23. The van der Waals surface area contributed by atoms with Gasteiger partial charge in [0.2, 0.25) is 0 Å². The molecule has 0 bridgehead atoms. The summed E-state index contributed by atoms with van der Waals surface area (Å²) in [5.41, 5.74) is 7.94. The lowest BCUT2D eigenvalue weighted by atomic mass is 10.00. The van der Waals surface area contributed by atoms with Crippen molar-refractivity contribution in [1.82, 2.24) is 4.90 Å². The minimum atomic E-state index is -0.321. The fraction of sp³-hybridized carbons (Fsp3) is 0.579. The van der Waals surface area contributed by atoms with Crippen molar-refractivity contribution in [2.24, 2.45) is 16.6 Å². The number of hydrogen-bond acceptors (Lipinski definition) is 3. The number of carbonyl (C=O) groups excluding carboxylic acids is 1. The summed E-state index contributed by atoms with van der Waals surface area (Å²) in [6, 6.07) is 7.75. The quantitative estimate of drug-likeness (QED) is 0.649. The van der Waals surface area contributed by atoms with Crippen molar-refractivity contribution in [2.45, 2.75) is 45.3 Å². The van der Waals surface area contributed by atoms with Gasteiger partial charge in [-0.15, -0.1) is 0 Å². The van der Waals surface area contributed by atoms with E-state index >= 15 is 0 Å². The molecule has 2 heterocycles. The molecular weight excluding hydrogens is 316 g/mol. The molecule has 0 aromatic heterocycles. The Balaban J connectivity index is 1.55. The molecule has 2 saturated heterocycles. The average molecular weight is 344 g/mol. The van der Waals surface area contributed by atoms with Crippen molar-refractivity contribution in [3.8, 4) is 0 Å². The summed E-state index contributed by atoms with van der Waals surface area (Å²) in [5, 5.41) is 2.93. The van der Waals surface area contributed by atoms with Gasteiger partial charge < -0.3 is 20.7 Å². The molecule has 1 aromatic carbocycles. The molecule has 1 aromatic rings. The maximum absolute atomic E-state index is 12.1. The van der Waals surface area contributed by atoms with E-state index in [4.69, 9.17) is 10.5 Å². The number of hydrogen-bond donors (Lipinski definition) is 2.